The lowest BCUT2D eigenvalue weighted by Crippen LogP contribution is -1.87. The Hall–Kier alpha value is -0.340. The van der Waals surface area contributed by atoms with E-state index < -0.39 is 0 Å². The maximum atomic E-state index is 6.08. The summed E-state index contributed by atoms with van der Waals surface area (Å²) in [5.41, 5.74) is 6.52. The molecular formula is C13H20ClNS. The summed E-state index contributed by atoms with van der Waals surface area (Å²) < 4.78 is 0. The number of rotatable bonds is 7. The van der Waals surface area contributed by atoms with Crippen LogP contribution >= 0.6 is 23.4 Å². The zero-order valence-corrected chi connectivity index (χ0v) is 11.4. The monoisotopic (exact) mass is 257 g/mol. The second-order valence-electron chi connectivity index (χ2n) is 3.95. The Morgan fingerprint density at radius 3 is 2.69 bits per heavy atom. The third kappa shape index (κ3) is 5.13. The van der Waals surface area contributed by atoms with Gasteiger partial charge < -0.3 is 5.73 Å². The van der Waals surface area contributed by atoms with E-state index in [2.05, 4.69) is 6.92 Å². The molecule has 0 aliphatic heterocycles. The Morgan fingerprint density at radius 1 is 1.19 bits per heavy atom. The third-order valence-electron chi connectivity index (χ3n) is 2.46. The Balaban J connectivity index is 2.23. The first-order valence-corrected chi connectivity index (χ1v) is 7.28. The standard InChI is InChI=1S/C13H20ClNS/c1-2-3-4-5-6-9-16-13-10-11(15)7-8-12(13)14/h7-8,10H,2-6,9,15H2,1H3. The molecule has 1 rings (SSSR count). The van der Waals surface area contributed by atoms with Gasteiger partial charge in [0.15, 0.2) is 0 Å². The summed E-state index contributed by atoms with van der Waals surface area (Å²) in [7, 11) is 0. The molecule has 16 heavy (non-hydrogen) atoms. The zero-order valence-electron chi connectivity index (χ0n) is 9.84. The first-order chi connectivity index (χ1) is 7.74. The molecule has 0 heterocycles. The molecule has 0 fully saturated rings. The Bertz CT molecular complexity index is 315. The molecule has 0 radical (unpaired) electrons. The number of anilines is 1. The van der Waals surface area contributed by atoms with Crippen LogP contribution in [0.2, 0.25) is 5.02 Å². The second kappa shape index (κ2) is 7.86. The number of hydrogen-bond acceptors (Lipinski definition) is 2. The molecule has 2 N–H and O–H groups in total. The molecule has 1 aromatic rings. The van der Waals surface area contributed by atoms with Crippen molar-refractivity contribution in [3.63, 3.8) is 0 Å². The van der Waals surface area contributed by atoms with Gasteiger partial charge in [-0.1, -0.05) is 44.2 Å². The average Bonchev–Trinajstić information content (AvgIpc) is 2.28. The number of nitrogen functional groups attached to an aromatic ring is 1. The lowest BCUT2D eigenvalue weighted by molar-refractivity contribution is 0.659. The van der Waals surface area contributed by atoms with Crippen LogP contribution in [0.3, 0.4) is 0 Å². The summed E-state index contributed by atoms with van der Waals surface area (Å²) in [4.78, 5) is 1.11. The maximum Gasteiger partial charge on any atom is 0.0543 e. The molecule has 0 aromatic heterocycles. The summed E-state index contributed by atoms with van der Waals surface area (Å²) in [6.07, 6.45) is 6.58. The summed E-state index contributed by atoms with van der Waals surface area (Å²) in [6.45, 7) is 2.24. The predicted octanol–water partition coefficient (Wildman–Crippen LogP) is 4.98. The first-order valence-electron chi connectivity index (χ1n) is 5.92. The van der Waals surface area contributed by atoms with Crippen molar-refractivity contribution in [1.29, 1.82) is 0 Å². The van der Waals surface area contributed by atoms with Gasteiger partial charge in [-0.2, -0.15) is 0 Å². The van der Waals surface area contributed by atoms with Crippen LogP contribution in [0.1, 0.15) is 39.0 Å². The molecule has 1 aromatic carbocycles. The van der Waals surface area contributed by atoms with Crippen LogP contribution in [-0.4, -0.2) is 5.75 Å². The highest BCUT2D eigenvalue weighted by Crippen LogP contribution is 2.29. The quantitative estimate of drug-likeness (QED) is 0.423. The molecule has 1 nitrogen and oxygen atoms in total. The van der Waals surface area contributed by atoms with Crippen LogP contribution < -0.4 is 5.73 Å². The van der Waals surface area contributed by atoms with Crippen LogP contribution in [-0.2, 0) is 0 Å². The van der Waals surface area contributed by atoms with Crippen molar-refractivity contribution in [3.05, 3.63) is 23.2 Å². The Labute approximate surface area is 108 Å². The molecule has 0 saturated heterocycles. The van der Waals surface area contributed by atoms with E-state index >= 15 is 0 Å². The normalized spacial score (nSPS) is 10.6. The summed E-state index contributed by atoms with van der Waals surface area (Å²) in [6, 6.07) is 5.67. The third-order valence-corrected chi connectivity index (χ3v) is 4.04. The predicted molar refractivity (Wildman–Crippen MR) is 75.3 cm³/mol. The smallest absolute Gasteiger partial charge is 0.0543 e. The van der Waals surface area contributed by atoms with E-state index in [0.29, 0.717) is 0 Å². The van der Waals surface area contributed by atoms with Gasteiger partial charge in [-0.3, -0.25) is 0 Å². The molecule has 0 aliphatic carbocycles. The summed E-state index contributed by atoms with van der Waals surface area (Å²) >= 11 is 7.89. The number of benzene rings is 1. The molecular weight excluding hydrogens is 238 g/mol. The van der Waals surface area contributed by atoms with Crippen molar-refractivity contribution >= 4 is 29.1 Å². The minimum absolute atomic E-state index is 0.790. The van der Waals surface area contributed by atoms with Gasteiger partial charge in [-0.25, -0.2) is 0 Å². The molecule has 0 unspecified atom stereocenters. The number of nitrogens with two attached hydrogens (primary N) is 1. The zero-order chi connectivity index (χ0) is 11.8. The van der Waals surface area contributed by atoms with E-state index in [1.165, 1.54) is 32.1 Å². The van der Waals surface area contributed by atoms with Crippen molar-refractivity contribution in [3.8, 4) is 0 Å². The minimum Gasteiger partial charge on any atom is -0.399 e. The lowest BCUT2D eigenvalue weighted by atomic mass is 10.2. The van der Waals surface area contributed by atoms with Gasteiger partial charge in [-0.05, 0) is 30.4 Å². The minimum atomic E-state index is 0.790. The van der Waals surface area contributed by atoms with Crippen molar-refractivity contribution in [2.75, 3.05) is 11.5 Å². The van der Waals surface area contributed by atoms with Crippen LogP contribution in [0, 0.1) is 0 Å². The average molecular weight is 258 g/mol. The van der Waals surface area contributed by atoms with Gasteiger partial charge in [0, 0.05) is 10.6 Å². The van der Waals surface area contributed by atoms with Gasteiger partial charge in [0.1, 0.15) is 0 Å². The van der Waals surface area contributed by atoms with E-state index in [0.717, 1.165) is 21.4 Å². The summed E-state index contributed by atoms with van der Waals surface area (Å²) in [5.74, 6) is 1.13. The van der Waals surface area contributed by atoms with Crippen LogP contribution in [0.15, 0.2) is 23.1 Å². The fraction of sp³-hybridized carbons (Fsp3) is 0.538. The first kappa shape index (κ1) is 13.7. The fourth-order valence-electron chi connectivity index (χ4n) is 1.52. The van der Waals surface area contributed by atoms with Crippen LogP contribution in [0.5, 0.6) is 0 Å². The van der Waals surface area contributed by atoms with Crippen molar-refractivity contribution < 1.29 is 0 Å². The highest BCUT2D eigenvalue weighted by molar-refractivity contribution is 7.99. The van der Waals surface area contributed by atoms with Gasteiger partial charge in [0.25, 0.3) is 0 Å². The molecule has 3 heteroatoms. The van der Waals surface area contributed by atoms with E-state index in [1.807, 2.05) is 30.0 Å². The number of thioether (sulfide) groups is 1. The highest BCUT2D eigenvalue weighted by atomic mass is 35.5. The molecule has 0 atom stereocenters. The van der Waals surface area contributed by atoms with E-state index in [4.69, 9.17) is 17.3 Å². The molecule has 0 amide bonds. The van der Waals surface area contributed by atoms with E-state index in [-0.39, 0.29) is 0 Å². The topological polar surface area (TPSA) is 26.0 Å². The summed E-state index contributed by atoms with van der Waals surface area (Å²) in [5, 5.41) is 0.813. The molecule has 90 valence electrons. The van der Waals surface area contributed by atoms with E-state index in [9.17, 15) is 0 Å². The number of halogens is 1. The SMILES string of the molecule is CCCCCCCSc1cc(N)ccc1Cl. The van der Waals surface area contributed by atoms with Crippen molar-refractivity contribution in [1.82, 2.24) is 0 Å². The van der Waals surface area contributed by atoms with Gasteiger partial charge in [0.05, 0.1) is 5.02 Å². The van der Waals surface area contributed by atoms with Crippen LogP contribution in [0.25, 0.3) is 0 Å². The van der Waals surface area contributed by atoms with Gasteiger partial charge >= 0.3 is 0 Å². The van der Waals surface area contributed by atoms with Gasteiger partial charge in [-0.15, -0.1) is 11.8 Å². The molecule has 0 aliphatic rings. The van der Waals surface area contributed by atoms with E-state index in [1.54, 1.807) is 0 Å². The largest absolute Gasteiger partial charge is 0.399 e. The second-order valence-corrected chi connectivity index (χ2v) is 5.50. The number of unbranched alkanes of at least 4 members (excludes halogenated alkanes) is 4. The van der Waals surface area contributed by atoms with Crippen molar-refractivity contribution in [2.45, 2.75) is 43.9 Å². The maximum absolute atomic E-state index is 6.08. The van der Waals surface area contributed by atoms with Gasteiger partial charge in [0.2, 0.25) is 0 Å². The molecule has 0 spiro atoms. The fourth-order valence-corrected chi connectivity index (χ4v) is 2.79. The molecule has 0 bridgehead atoms. The Kier molecular flexibility index (Phi) is 6.74. The van der Waals surface area contributed by atoms with Crippen molar-refractivity contribution in [2.24, 2.45) is 0 Å². The lowest BCUT2D eigenvalue weighted by Gasteiger charge is -2.05. The number of hydrogen-bond donors (Lipinski definition) is 1. The highest BCUT2D eigenvalue weighted by Gasteiger charge is 2.01. The Morgan fingerprint density at radius 2 is 1.94 bits per heavy atom. The van der Waals surface area contributed by atoms with Crippen LogP contribution in [0.4, 0.5) is 5.69 Å². The molecule has 0 saturated carbocycles.